The lowest BCUT2D eigenvalue weighted by Gasteiger charge is -2.14. The molecule has 1 aromatic carbocycles. The summed E-state index contributed by atoms with van der Waals surface area (Å²) in [7, 11) is 1.35. The minimum Gasteiger partial charge on any atom is -0.492 e. The average molecular weight is 223 g/mol. The van der Waals surface area contributed by atoms with Crippen molar-refractivity contribution in [1.29, 1.82) is 0 Å². The molecule has 2 rings (SSSR count). The van der Waals surface area contributed by atoms with Crippen LogP contribution in [-0.4, -0.2) is 18.7 Å². The minimum atomic E-state index is -0.349. The third-order valence-corrected chi connectivity index (χ3v) is 2.53. The van der Waals surface area contributed by atoms with Crippen molar-refractivity contribution in [2.75, 3.05) is 7.11 Å². The third kappa shape index (κ3) is 1.45. The maximum absolute atomic E-state index is 11.8. The third-order valence-electron chi connectivity index (χ3n) is 2.21. The molecule has 0 N–H and O–H groups in total. The smallest absolute Gasteiger partial charge is 0.229 e. The number of Topliss-reactive ketones (excluding diaryl/α,β-unsaturated/α-hetero) is 1. The van der Waals surface area contributed by atoms with Gasteiger partial charge in [0.15, 0.2) is 11.5 Å². The molecule has 76 valence electrons. The standard InChI is InChI=1S/C11H7ClO3/c1-15-9-5-8(13)6-3-2-4-7(12)10(6)11(9)14/h2-5H,1H3. The zero-order valence-corrected chi connectivity index (χ0v) is 8.67. The topological polar surface area (TPSA) is 43.4 Å². The van der Waals surface area contributed by atoms with Gasteiger partial charge < -0.3 is 4.74 Å². The number of benzene rings is 1. The van der Waals surface area contributed by atoms with Crippen LogP contribution >= 0.6 is 11.6 Å². The molecule has 3 nitrogen and oxygen atoms in total. The van der Waals surface area contributed by atoms with Gasteiger partial charge in [-0.1, -0.05) is 23.7 Å². The molecular formula is C11H7ClO3. The second kappa shape index (κ2) is 3.51. The van der Waals surface area contributed by atoms with Crippen LogP contribution in [0.1, 0.15) is 20.7 Å². The Labute approximate surface area is 91.3 Å². The fraction of sp³-hybridized carbons (Fsp3) is 0.0909. The Morgan fingerprint density at radius 1 is 1.27 bits per heavy atom. The summed E-state index contributed by atoms with van der Waals surface area (Å²) in [4.78, 5) is 23.4. The molecule has 1 aromatic rings. The molecule has 0 amide bonds. The van der Waals surface area contributed by atoms with Gasteiger partial charge in [-0.2, -0.15) is 0 Å². The lowest BCUT2D eigenvalue weighted by molar-refractivity contribution is 0.0917. The molecule has 0 fully saturated rings. The number of halogens is 1. The number of rotatable bonds is 1. The van der Waals surface area contributed by atoms with Gasteiger partial charge in [0, 0.05) is 11.6 Å². The molecule has 0 spiro atoms. The molecule has 0 atom stereocenters. The van der Waals surface area contributed by atoms with E-state index in [0.29, 0.717) is 5.56 Å². The highest BCUT2D eigenvalue weighted by atomic mass is 35.5. The molecule has 4 heteroatoms. The molecule has 0 saturated carbocycles. The quantitative estimate of drug-likeness (QED) is 0.732. The molecule has 0 aliphatic heterocycles. The molecule has 1 aliphatic carbocycles. The van der Waals surface area contributed by atoms with Gasteiger partial charge in [-0.3, -0.25) is 9.59 Å². The number of hydrogen-bond acceptors (Lipinski definition) is 3. The normalized spacial score (nSPS) is 14.7. The Morgan fingerprint density at radius 2 is 2.00 bits per heavy atom. The Balaban J connectivity index is 2.68. The van der Waals surface area contributed by atoms with Crippen LogP contribution in [0.2, 0.25) is 5.02 Å². The van der Waals surface area contributed by atoms with E-state index < -0.39 is 0 Å². The summed E-state index contributed by atoms with van der Waals surface area (Å²) in [5.74, 6) is -0.581. The first-order valence-electron chi connectivity index (χ1n) is 4.28. The SMILES string of the molecule is COC1=CC(=O)c2cccc(Cl)c2C1=O. The first-order chi connectivity index (χ1) is 7.15. The largest absolute Gasteiger partial charge is 0.492 e. The zero-order chi connectivity index (χ0) is 11.0. The average Bonchev–Trinajstić information content (AvgIpc) is 2.23. The van der Waals surface area contributed by atoms with E-state index in [2.05, 4.69) is 0 Å². The maximum atomic E-state index is 11.8. The predicted molar refractivity (Wildman–Crippen MR) is 55.2 cm³/mol. The van der Waals surface area contributed by atoms with Gasteiger partial charge in [-0.15, -0.1) is 0 Å². The maximum Gasteiger partial charge on any atom is 0.229 e. The van der Waals surface area contributed by atoms with Gasteiger partial charge >= 0.3 is 0 Å². The van der Waals surface area contributed by atoms with Gasteiger partial charge in [0.25, 0.3) is 0 Å². The van der Waals surface area contributed by atoms with Crippen molar-refractivity contribution in [2.45, 2.75) is 0 Å². The number of fused-ring (bicyclic) bond motifs is 1. The van der Waals surface area contributed by atoms with E-state index in [1.54, 1.807) is 18.2 Å². The second-order valence-electron chi connectivity index (χ2n) is 3.07. The van der Waals surface area contributed by atoms with E-state index in [4.69, 9.17) is 16.3 Å². The van der Waals surface area contributed by atoms with Crippen molar-refractivity contribution < 1.29 is 14.3 Å². The summed E-state index contributed by atoms with van der Waals surface area (Å²) in [6, 6.07) is 4.78. The van der Waals surface area contributed by atoms with E-state index >= 15 is 0 Å². The van der Waals surface area contributed by atoms with E-state index in [-0.39, 0.29) is 27.9 Å². The lowest BCUT2D eigenvalue weighted by atomic mass is 9.93. The fourth-order valence-electron chi connectivity index (χ4n) is 1.50. The number of ether oxygens (including phenoxy) is 1. The highest BCUT2D eigenvalue weighted by Gasteiger charge is 2.28. The molecule has 0 radical (unpaired) electrons. The van der Waals surface area contributed by atoms with Crippen LogP contribution in [0.3, 0.4) is 0 Å². The zero-order valence-electron chi connectivity index (χ0n) is 7.91. The van der Waals surface area contributed by atoms with Crippen LogP contribution in [-0.2, 0) is 4.74 Å². The molecule has 15 heavy (non-hydrogen) atoms. The van der Waals surface area contributed by atoms with Crippen molar-refractivity contribution in [3.63, 3.8) is 0 Å². The number of methoxy groups -OCH3 is 1. The molecule has 0 saturated heterocycles. The molecular weight excluding hydrogens is 216 g/mol. The van der Waals surface area contributed by atoms with E-state index in [1.807, 2.05) is 0 Å². The Hall–Kier alpha value is -1.61. The first-order valence-corrected chi connectivity index (χ1v) is 4.66. The summed E-state index contributed by atoms with van der Waals surface area (Å²) in [6.45, 7) is 0. The molecule has 0 aromatic heterocycles. The lowest BCUT2D eigenvalue weighted by Crippen LogP contribution is -2.18. The first kappa shape index (κ1) is 9.93. The van der Waals surface area contributed by atoms with Crippen LogP contribution in [0.15, 0.2) is 30.0 Å². The number of hydrogen-bond donors (Lipinski definition) is 0. The number of carbonyl (C=O) groups excluding carboxylic acids is 2. The fourth-order valence-corrected chi connectivity index (χ4v) is 1.76. The summed E-state index contributed by atoms with van der Waals surface area (Å²) in [5.41, 5.74) is 0.553. The van der Waals surface area contributed by atoms with Gasteiger partial charge in [0.05, 0.1) is 17.7 Å². The monoisotopic (exact) mass is 222 g/mol. The van der Waals surface area contributed by atoms with Crippen LogP contribution in [0.4, 0.5) is 0 Å². The van der Waals surface area contributed by atoms with Crippen molar-refractivity contribution in [2.24, 2.45) is 0 Å². The van der Waals surface area contributed by atoms with E-state index in [0.717, 1.165) is 0 Å². The van der Waals surface area contributed by atoms with Crippen molar-refractivity contribution in [1.82, 2.24) is 0 Å². The number of carbonyl (C=O) groups is 2. The van der Waals surface area contributed by atoms with Gasteiger partial charge in [-0.25, -0.2) is 0 Å². The number of allylic oxidation sites excluding steroid dienone is 2. The van der Waals surface area contributed by atoms with Crippen molar-refractivity contribution in [3.05, 3.63) is 46.2 Å². The van der Waals surface area contributed by atoms with Crippen LogP contribution in [0.5, 0.6) is 0 Å². The second-order valence-corrected chi connectivity index (χ2v) is 3.48. The summed E-state index contributed by atoms with van der Waals surface area (Å²) < 4.78 is 4.82. The summed E-state index contributed by atoms with van der Waals surface area (Å²) in [5, 5.41) is 0.272. The highest BCUT2D eigenvalue weighted by molar-refractivity contribution is 6.37. The molecule has 0 bridgehead atoms. The number of ketones is 2. The van der Waals surface area contributed by atoms with Crippen LogP contribution in [0, 0.1) is 0 Å². The predicted octanol–water partition coefficient (Wildman–Crippen LogP) is 2.25. The highest BCUT2D eigenvalue weighted by Crippen LogP contribution is 2.27. The van der Waals surface area contributed by atoms with E-state index in [9.17, 15) is 9.59 Å². The summed E-state index contributed by atoms with van der Waals surface area (Å²) in [6.07, 6.45) is 1.18. The Morgan fingerprint density at radius 3 is 2.67 bits per heavy atom. The van der Waals surface area contributed by atoms with Crippen molar-refractivity contribution >= 4 is 23.2 Å². The molecule has 0 heterocycles. The van der Waals surface area contributed by atoms with E-state index in [1.165, 1.54) is 13.2 Å². The Bertz CT molecular complexity index is 489. The minimum absolute atomic E-state index is 0.0283. The molecule has 0 unspecified atom stereocenters. The van der Waals surface area contributed by atoms with Gasteiger partial charge in [0.1, 0.15) is 0 Å². The summed E-state index contributed by atoms with van der Waals surface area (Å²) >= 11 is 5.87. The van der Waals surface area contributed by atoms with Crippen LogP contribution < -0.4 is 0 Å². The van der Waals surface area contributed by atoms with Crippen molar-refractivity contribution in [3.8, 4) is 0 Å². The Kier molecular flexibility index (Phi) is 2.32. The van der Waals surface area contributed by atoms with Crippen LogP contribution in [0.25, 0.3) is 0 Å². The van der Waals surface area contributed by atoms with Gasteiger partial charge in [0.2, 0.25) is 5.78 Å². The van der Waals surface area contributed by atoms with Gasteiger partial charge in [-0.05, 0) is 6.07 Å². The molecule has 1 aliphatic rings.